The van der Waals surface area contributed by atoms with E-state index >= 15 is 0 Å². The van der Waals surface area contributed by atoms with Gasteiger partial charge in [-0.25, -0.2) is 0 Å². The first-order chi connectivity index (χ1) is 5.70. The summed E-state index contributed by atoms with van der Waals surface area (Å²) >= 11 is 1.77. The van der Waals surface area contributed by atoms with E-state index in [4.69, 9.17) is 0 Å². The lowest BCUT2D eigenvalue weighted by atomic mass is 10.2. The molecule has 0 aromatic heterocycles. The highest BCUT2D eigenvalue weighted by Crippen LogP contribution is 2.09. The number of amides is 1. The maximum atomic E-state index is 11.4. The van der Waals surface area contributed by atoms with Gasteiger partial charge in [-0.2, -0.15) is 0 Å². The Hall–Kier alpha value is -0.220. The van der Waals surface area contributed by atoms with Crippen LogP contribution in [0.2, 0.25) is 0 Å². The van der Waals surface area contributed by atoms with Gasteiger partial charge in [-0.05, 0) is 5.92 Å². The van der Waals surface area contributed by atoms with Gasteiger partial charge in [0.15, 0.2) is 0 Å². The zero-order valence-corrected chi connectivity index (χ0v) is 8.41. The first-order valence-corrected chi connectivity index (χ1v) is 5.44. The van der Waals surface area contributed by atoms with Crippen molar-refractivity contribution >= 4 is 17.7 Å². The third-order valence-corrected chi connectivity index (χ3v) is 2.66. The summed E-state index contributed by atoms with van der Waals surface area (Å²) in [5.41, 5.74) is 0. The van der Waals surface area contributed by atoms with Crippen molar-refractivity contribution in [2.24, 2.45) is 5.92 Å². The molecule has 1 aliphatic heterocycles. The standard InChI is InChI=1S/C8H16N2OS/c1-6(2)3-9-8(11)7-4-12-5-10-7/h6-7,10H,3-5H2,1-2H3,(H,9,11)/t7-/m0/s1. The van der Waals surface area contributed by atoms with Crippen LogP contribution in [0.4, 0.5) is 0 Å². The van der Waals surface area contributed by atoms with E-state index in [9.17, 15) is 4.79 Å². The largest absolute Gasteiger partial charge is 0.354 e. The highest BCUT2D eigenvalue weighted by Gasteiger charge is 2.21. The minimum absolute atomic E-state index is 0.0359. The maximum absolute atomic E-state index is 11.4. The van der Waals surface area contributed by atoms with Gasteiger partial charge in [0.25, 0.3) is 0 Å². The minimum atomic E-state index is 0.0359. The lowest BCUT2D eigenvalue weighted by Crippen LogP contribution is -2.43. The summed E-state index contributed by atoms with van der Waals surface area (Å²) in [5, 5.41) is 6.04. The van der Waals surface area contributed by atoms with Gasteiger partial charge in [0.05, 0.1) is 6.04 Å². The predicted octanol–water partition coefficient (Wildman–Crippen LogP) is 0.421. The normalized spacial score (nSPS) is 23.1. The molecule has 3 nitrogen and oxygen atoms in total. The smallest absolute Gasteiger partial charge is 0.238 e. The molecule has 2 N–H and O–H groups in total. The summed E-state index contributed by atoms with van der Waals surface area (Å²) in [6.07, 6.45) is 0. The summed E-state index contributed by atoms with van der Waals surface area (Å²) in [6, 6.07) is 0.0359. The maximum Gasteiger partial charge on any atom is 0.238 e. The van der Waals surface area contributed by atoms with Crippen LogP contribution in [0, 0.1) is 5.92 Å². The molecule has 1 aliphatic rings. The first-order valence-electron chi connectivity index (χ1n) is 4.29. The zero-order valence-electron chi connectivity index (χ0n) is 7.59. The van der Waals surface area contributed by atoms with Crippen LogP contribution in [0.25, 0.3) is 0 Å². The second-order valence-corrected chi connectivity index (χ2v) is 4.44. The van der Waals surface area contributed by atoms with Gasteiger partial charge in [0.2, 0.25) is 5.91 Å². The molecule has 1 heterocycles. The molecule has 1 atom stereocenters. The van der Waals surface area contributed by atoms with Crippen LogP contribution in [-0.2, 0) is 4.79 Å². The fraction of sp³-hybridized carbons (Fsp3) is 0.875. The molecule has 1 amide bonds. The Morgan fingerprint density at radius 1 is 1.75 bits per heavy atom. The molecule has 0 saturated carbocycles. The van der Waals surface area contributed by atoms with Crippen LogP contribution in [0.3, 0.4) is 0 Å². The van der Waals surface area contributed by atoms with Crippen molar-refractivity contribution in [3.63, 3.8) is 0 Å². The van der Waals surface area contributed by atoms with Gasteiger partial charge in [-0.15, -0.1) is 11.8 Å². The van der Waals surface area contributed by atoms with Crippen LogP contribution < -0.4 is 10.6 Å². The van der Waals surface area contributed by atoms with Gasteiger partial charge in [-0.3, -0.25) is 10.1 Å². The second kappa shape index (κ2) is 4.72. The van der Waals surface area contributed by atoms with E-state index in [0.29, 0.717) is 5.92 Å². The number of thioether (sulfide) groups is 1. The van der Waals surface area contributed by atoms with Gasteiger partial charge in [0.1, 0.15) is 0 Å². The Bertz CT molecular complexity index is 155. The van der Waals surface area contributed by atoms with E-state index in [-0.39, 0.29) is 11.9 Å². The Morgan fingerprint density at radius 3 is 3.00 bits per heavy atom. The number of rotatable bonds is 3. The summed E-state index contributed by atoms with van der Waals surface area (Å²) in [7, 11) is 0. The highest BCUT2D eigenvalue weighted by atomic mass is 32.2. The van der Waals surface area contributed by atoms with E-state index in [1.807, 2.05) is 0 Å². The van der Waals surface area contributed by atoms with Crippen molar-refractivity contribution in [1.29, 1.82) is 0 Å². The highest BCUT2D eigenvalue weighted by molar-refractivity contribution is 7.99. The Kier molecular flexibility index (Phi) is 3.88. The Labute approximate surface area is 77.7 Å². The number of hydrogen-bond acceptors (Lipinski definition) is 3. The molecule has 0 radical (unpaired) electrons. The lowest BCUT2D eigenvalue weighted by molar-refractivity contribution is -0.122. The molecule has 1 rings (SSSR count). The molecule has 0 spiro atoms. The Morgan fingerprint density at radius 2 is 2.50 bits per heavy atom. The predicted molar refractivity (Wildman–Crippen MR) is 52.1 cm³/mol. The molecule has 0 aromatic rings. The number of hydrogen-bond donors (Lipinski definition) is 2. The van der Waals surface area contributed by atoms with Crippen molar-refractivity contribution in [1.82, 2.24) is 10.6 Å². The first kappa shape index (κ1) is 9.86. The van der Waals surface area contributed by atoms with E-state index in [0.717, 1.165) is 18.2 Å². The summed E-state index contributed by atoms with van der Waals surface area (Å²) < 4.78 is 0. The number of carbonyl (C=O) groups excluding carboxylic acids is 1. The lowest BCUT2D eigenvalue weighted by Gasteiger charge is -2.11. The zero-order chi connectivity index (χ0) is 8.97. The van der Waals surface area contributed by atoms with Crippen molar-refractivity contribution in [2.45, 2.75) is 19.9 Å². The molecule has 0 aliphatic carbocycles. The number of nitrogens with one attached hydrogen (secondary N) is 2. The SMILES string of the molecule is CC(C)CNC(=O)[C@@H]1CSCN1. The van der Waals surface area contributed by atoms with Crippen molar-refractivity contribution < 1.29 is 4.79 Å². The van der Waals surface area contributed by atoms with E-state index < -0.39 is 0 Å². The molecule has 0 bridgehead atoms. The van der Waals surface area contributed by atoms with Crippen molar-refractivity contribution in [2.75, 3.05) is 18.2 Å². The van der Waals surface area contributed by atoms with E-state index in [1.165, 1.54) is 0 Å². The quantitative estimate of drug-likeness (QED) is 0.674. The molecule has 70 valence electrons. The van der Waals surface area contributed by atoms with E-state index in [2.05, 4.69) is 24.5 Å². The molecule has 1 saturated heterocycles. The van der Waals surface area contributed by atoms with Crippen LogP contribution in [0.1, 0.15) is 13.8 Å². The average Bonchev–Trinajstić information content (AvgIpc) is 2.51. The van der Waals surface area contributed by atoms with Crippen molar-refractivity contribution in [3.05, 3.63) is 0 Å². The number of carbonyl (C=O) groups is 1. The second-order valence-electron chi connectivity index (χ2n) is 3.41. The third-order valence-electron chi connectivity index (χ3n) is 1.72. The van der Waals surface area contributed by atoms with Crippen LogP contribution in [0.15, 0.2) is 0 Å². The fourth-order valence-corrected chi connectivity index (χ4v) is 1.93. The van der Waals surface area contributed by atoms with Gasteiger partial charge in [0, 0.05) is 18.2 Å². The summed E-state index contributed by atoms with van der Waals surface area (Å²) in [4.78, 5) is 11.4. The topological polar surface area (TPSA) is 41.1 Å². The molecule has 0 unspecified atom stereocenters. The fourth-order valence-electron chi connectivity index (χ4n) is 0.992. The summed E-state index contributed by atoms with van der Waals surface area (Å²) in [5.74, 6) is 2.49. The Balaban J connectivity index is 2.18. The van der Waals surface area contributed by atoms with Crippen LogP contribution >= 0.6 is 11.8 Å². The van der Waals surface area contributed by atoms with E-state index in [1.54, 1.807) is 11.8 Å². The molecular formula is C8H16N2OS. The monoisotopic (exact) mass is 188 g/mol. The molecule has 0 aromatic carbocycles. The van der Waals surface area contributed by atoms with Gasteiger partial charge < -0.3 is 5.32 Å². The van der Waals surface area contributed by atoms with Gasteiger partial charge in [-0.1, -0.05) is 13.8 Å². The van der Waals surface area contributed by atoms with Crippen LogP contribution in [-0.4, -0.2) is 30.1 Å². The van der Waals surface area contributed by atoms with Crippen molar-refractivity contribution in [3.8, 4) is 0 Å². The molecule has 12 heavy (non-hydrogen) atoms. The van der Waals surface area contributed by atoms with Gasteiger partial charge >= 0.3 is 0 Å². The molecule has 1 fully saturated rings. The summed E-state index contributed by atoms with van der Waals surface area (Å²) in [6.45, 7) is 4.97. The molecule has 4 heteroatoms. The third kappa shape index (κ3) is 3.03. The minimum Gasteiger partial charge on any atom is -0.354 e. The molecular weight excluding hydrogens is 172 g/mol. The van der Waals surface area contributed by atoms with Crippen LogP contribution in [0.5, 0.6) is 0 Å². The average molecular weight is 188 g/mol.